The number of piperidine rings is 1. The third-order valence-corrected chi connectivity index (χ3v) is 5.09. The van der Waals surface area contributed by atoms with Crippen LogP contribution in [-0.2, 0) is 18.3 Å². The van der Waals surface area contributed by atoms with Crippen LogP contribution in [0.5, 0.6) is 0 Å². The molecule has 2 atom stereocenters. The molecule has 1 amide bonds. The van der Waals surface area contributed by atoms with E-state index in [4.69, 9.17) is 0 Å². The summed E-state index contributed by atoms with van der Waals surface area (Å²) in [6.07, 6.45) is 1.93. The van der Waals surface area contributed by atoms with Crippen LogP contribution in [-0.4, -0.2) is 56.5 Å². The van der Waals surface area contributed by atoms with Crippen molar-refractivity contribution in [2.24, 2.45) is 18.9 Å². The van der Waals surface area contributed by atoms with Gasteiger partial charge < -0.3 is 15.2 Å². The van der Waals surface area contributed by atoms with Crippen LogP contribution in [0.3, 0.4) is 0 Å². The first kappa shape index (κ1) is 19.3. The Morgan fingerprint density at radius 3 is 2.63 bits per heavy atom. The molecule has 0 bridgehead atoms. The Hall–Kier alpha value is -2.42. The molecule has 2 aromatic rings. The molecule has 0 aromatic carbocycles. The van der Waals surface area contributed by atoms with Crippen molar-refractivity contribution < 1.29 is 4.79 Å². The summed E-state index contributed by atoms with van der Waals surface area (Å²) >= 11 is 0. The number of H-pyrrole nitrogens is 2. The second kappa shape index (κ2) is 8.08. The minimum Gasteiger partial charge on any atom is -0.355 e. The largest absolute Gasteiger partial charge is 0.355 e. The van der Waals surface area contributed by atoms with E-state index in [-0.39, 0.29) is 17.8 Å². The number of hydrogen-bond acceptors (Lipinski definition) is 5. The van der Waals surface area contributed by atoms with Gasteiger partial charge in [-0.05, 0) is 18.3 Å². The van der Waals surface area contributed by atoms with Gasteiger partial charge in [0.05, 0.1) is 0 Å². The summed E-state index contributed by atoms with van der Waals surface area (Å²) in [6, 6.07) is 0. The number of carbonyl (C=O) groups is 1. The number of rotatable bonds is 6. The number of nitrogens with zero attached hydrogens (tertiary/aromatic N) is 3. The lowest BCUT2D eigenvalue weighted by Gasteiger charge is -2.34. The van der Waals surface area contributed by atoms with Crippen LogP contribution >= 0.6 is 0 Å². The zero-order chi connectivity index (χ0) is 19.6. The van der Waals surface area contributed by atoms with E-state index in [1.165, 1.54) is 11.0 Å². The standard InChI is InChI=1S/C18H28N6O3/c1-11-8-12(2)10-24(9-11)7-6-19-14(25)5-4-13-20-15-16(21-13)23(3)18(27)22-17(15)26/h11-12H,4-10H2,1-3H3,(H,19,25)(H,20,21)(H,22,26,27). The Labute approximate surface area is 157 Å². The molecule has 1 saturated heterocycles. The van der Waals surface area contributed by atoms with E-state index in [1.54, 1.807) is 7.05 Å². The maximum atomic E-state index is 12.1. The van der Waals surface area contributed by atoms with Gasteiger partial charge in [-0.15, -0.1) is 0 Å². The quantitative estimate of drug-likeness (QED) is 0.655. The van der Waals surface area contributed by atoms with Crippen molar-refractivity contribution >= 4 is 17.1 Å². The molecule has 0 spiro atoms. The minimum atomic E-state index is -0.510. The number of carbonyl (C=O) groups excluding carboxylic acids is 1. The number of fused-ring (bicyclic) bond motifs is 1. The Balaban J connectivity index is 1.49. The Morgan fingerprint density at radius 1 is 1.22 bits per heavy atom. The highest BCUT2D eigenvalue weighted by molar-refractivity contribution is 5.76. The molecular formula is C18H28N6O3. The maximum Gasteiger partial charge on any atom is 0.329 e. The molecule has 0 saturated carbocycles. The number of hydrogen-bond donors (Lipinski definition) is 3. The first-order chi connectivity index (χ1) is 12.8. The van der Waals surface area contributed by atoms with Crippen LogP contribution in [0.15, 0.2) is 9.59 Å². The second-order valence-electron chi connectivity index (χ2n) is 7.76. The fraction of sp³-hybridized carbons (Fsp3) is 0.667. The van der Waals surface area contributed by atoms with E-state index in [9.17, 15) is 14.4 Å². The van der Waals surface area contributed by atoms with Crippen LogP contribution in [0.2, 0.25) is 0 Å². The molecule has 3 N–H and O–H groups in total. The van der Waals surface area contributed by atoms with Crippen molar-refractivity contribution in [2.45, 2.75) is 33.1 Å². The van der Waals surface area contributed by atoms with Gasteiger partial charge in [-0.1, -0.05) is 13.8 Å². The topological polar surface area (TPSA) is 116 Å². The fourth-order valence-corrected chi connectivity index (χ4v) is 3.92. The molecule has 1 aliphatic heterocycles. The summed E-state index contributed by atoms with van der Waals surface area (Å²) < 4.78 is 1.28. The van der Waals surface area contributed by atoms with Gasteiger partial charge in [0, 0.05) is 46.1 Å². The van der Waals surface area contributed by atoms with Gasteiger partial charge in [-0.25, -0.2) is 9.78 Å². The Bertz CT molecular complexity index is 917. The van der Waals surface area contributed by atoms with Crippen LogP contribution in [0.25, 0.3) is 11.2 Å². The predicted octanol–water partition coefficient (Wildman–Crippen LogP) is -0.0234. The lowest BCUT2D eigenvalue weighted by atomic mass is 9.92. The van der Waals surface area contributed by atoms with E-state index in [0.717, 1.165) is 19.6 Å². The highest BCUT2D eigenvalue weighted by atomic mass is 16.2. The average Bonchev–Trinajstić information content (AvgIpc) is 3.02. The van der Waals surface area contributed by atoms with Gasteiger partial charge in [0.25, 0.3) is 5.56 Å². The molecule has 3 rings (SSSR count). The fourth-order valence-electron chi connectivity index (χ4n) is 3.92. The molecular weight excluding hydrogens is 348 g/mol. The van der Waals surface area contributed by atoms with E-state index in [1.807, 2.05) is 0 Å². The lowest BCUT2D eigenvalue weighted by molar-refractivity contribution is -0.121. The van der Waals surface area contributed by atoms with Gasteiger partial charge in [-0.2, -0.15) is 0 Å². The average molecular weight is 376 g/mol. The number of aromatic nitrogens is 4. The first-order valence-electron chi connectivity index (χ1n) is 9.50. The summed E-state index contributed by atoms with van der Waals surface area (Å²) in [5.41, 5.74) is -0.459. The smallest absolute Gasteiger partial charge is 0.329 e. The molecule has 9 heteroatoms. The number of likely N-dealkylation sites (tertiary alicyclic amines) is 1. The number of amides is 1. The third kappa shape index (κ3) is 4.65. The Morgan fingerprint density at radius 2 is 1.93 bits per heavy atom. The van der Waals surface area contributed by atoms with Crippen molar-refractivity contribution in [3.05, 3.63) is 26.7 Å². The molecule has 1 fully saturated rings. The molecule has 2 unspecified atom stereocenters. The van der Waals surface area contributed by atoms with Crippen molar-refractivity contribution in [2.75, 3.05) is 26.2 Å². The summed E-state index contributed by atoms with van der Waals surface area (Å²) in [7, 11) is 1.54. The molecule has 27 heavy (non-hydrogen) atoms. The molecule has 9 nitrogen and oxygen atoms in total. The van der Waals surface area contributed by atoms with Gasteiger partial charge in [0.1, 0.15) is 11.3 Å². The highest BCUT2D eigenvalue weighted by Gasteiger charge is 2.21. The zero-order valence-corrected chi connectivity index (χ0v) is 16.2. The Kier molecular flexibility index (Phi) is 5.79. The summed E-state index contributed by atoms with van der Waals surface area (Å²) in [5, 5.41) is 2.95. The van der Waals surface area contributed by atoms with Gasteiger partial charge in [-0.3, -0.25) is 19.1 Å². The molecule has 3 heterocycles. The van der Waals surface area contributed by atoms with Crippen molar-refractivity contribution in [1.82, 2.24) is 29.7 Å². The van der Waals surface area contributed by atoms with Crippen LogP contribution in [0.1, 0.15) is 32.5 Å². The van der Waals surface area contributed by atoms with Gasteiger partial charge >= 0.3 is 5.69 Å². The summed E-state index contributed by atoms with van der Waals surface area (Å²) in [4.78, 5) is 47.3. The van der Waals surface area contributed by atoms with Crippen LogP contribution < -0.4 is 16.6 Å². The normalized spacial score (nSPS) is 20.9. The van der Waals surface area contributed by atoms with Gasteiger partial charge in [0.2, 0.25) is 5.91 Å². The highest BCUT2D eigenvalue weighted by Crippen LogP contribution is 2.20. The summed E-state index contributed by atoms with van der Waals surface area (Å²) in [6.45, 7) is 8.22. The molecule has 2 aromatic heterocycles. The molecule has 1 aliphatic rings. The maximum absolute atomic E-state index is 12.1. The first-order valence-corrected chi connectivity index (χ1v) is 9.50. The third-order valence-electron chi connectivity index (χ3n) is 5.09. The number of aryl methyl sites for hydroxylation is 2. The number of aromatic amines is 2. The van der Waals surface area contributed by atoms with Crippen LogP contribution in [0.4, 0.5) is 0 Å². The van der Waals surface area contributed by atoms with Crippen LogP contribution in [0, 0.1) is 11.8 Å². The zero-order valence-electron chi connectivity index (χ0n) is 16.2. The van der Waals surface area contributed by atoms with Crippen molar-refractivity contribution in [3.63, 3.8) is 0 Å². The predicted molar refractivity (Wildman–Crippen MR) is 103 cm³/mol. The lowest BCUT2D eigenvalue weighted by Crippen LogP contribution is -2.42. The number of nitrogens with one attached hydrogen (secondary N) is 3. The molecule has 148 valence electrons. The van der Waals surface area contributed by atoms with E-state index >= 15 is 0 Å². The van der Waals surface area contributed by atoms with E-state index in [2.05, 4.69) is 39.0 Å². The van der Waals surface area contributed by atoms with Crippen molar-refractivity contribution in [1.29, 1.82) is 0 Å². The number of imidazole rings is 1. The molecule has 0 radical (unpaired) electrons. The second-order valence-corrected chi connectivity index (χ2v) is 7.76. The van der Waals surface area contributed by atoms with E-state index in [0.29, 0.717) is 36.3 Å². The summed E-state index contributed by atoms with van der Waals surface area (Å²) in [5.74, 6) is 1.88. The van der Waals surface area contributed by atoms with Crippen molar-refractivity contribution in [3.8, 4) is 0 Å². The minimum absolute atomic E-state index is 0.0450. The monoisotopic (exact) mass is 376 g/mol. The van der Waals surface area contributed by atoms with Gasteiger partial charge in [0.15, 0.2) is 5.65 Å². The SMILES string of the molecule is CC1CC(C)CN(CCNC(=O)CCc2nc3c([nH]2)c(=O)[nH]c(=O)n3C)C1. The molecule has 0 aliphatic carbocycles. The van der Waals surface area contributed by atoms with E-state index < -0.39 is 11.2 Å².